The van der Waals surface area contributed by atoms with Crippen LogP contribution >= 0.6 is 0 Å². The number of rotatable bonds is 5. The zero-order chi connectivity index (χ0) is 13.4. The van der Waals surface area contributed by atoms with Crippen molar-refractivity contribution in [2.24, 2.45) is 5.16 Å². The first-order valence-corrected chi connectivity index (χ1v) is 5.41. The molecule has 8 heteroatoms. The van der Waals surface area contributed by atoms with E-state index in [-0.39, 0.29) is 12.6 Å². The molecule has 98 valence electrons. The van der Waals surface area contributed by atoms with Gasteiger partial charge in [-0.15, -0.1) is 0 Å². The molecule has 1 rings (SSSR count). The van der Waals surface area contributed by atoms with Crippen molar-refractivity contribution in [3.8, 4) is 6.07 Å². The normalized spacial score (nSPS) is 21.1. The maximum absolute atomic E-state index is 11.1. The summed E-state index contributed by atoms with van der Waals surface area (Å²) in [6.07, 6.45) is 1.30. The molecule has 0 bridgehead atoms. The maximum atomic E-state index is 11.1. The second kappa shape index (κ2) is 7.24. The minimum absolute atomic E-state index is 0.164. The van der Waals surface area contributed by atoms with E-state index in [0.717, 1.165) is 5.71 Å². The molecule has 0 spiro atoms. The van der Waals surface area contributed by atoms with Gasteiger partial charge >= 0.3 is 5.97 Å². The fraction of sp³-hybridized carbons (Fsp3) is 0.600. The summed E-state index contributed by atoms with van der Waals surface area (Å²) in [5, 5.41) is 25.8. The molecule has 0 saturated carbocycles. The molecule has 1 saturated heterocycles. The van der Waals surface area contributed by atoms with E-state index in [0.29, 0.717) is 19.4 Å². The van der Waals surface area contributed by atoms with E-state index in [2.05, 4.69) is 21.9 Å². The lowest BCUT2D eigenvalue weighted by atomic mass is 10.1. The van der Waals surface area contributed by atoms with Crippen LogP contribution in [0.25, 0.3) is 0 Å². The van der Waals surface area contributed by atoms with Crippen molar-refractivity contribution < 1.29 is 19.5 Å². The molecule has 0 aliphatic carbocycles. The minimum Gasteiger partial charge on any atom is -0.480 e. The maximum Gasteiger partial charge on any atom is 0.322 e. The Hall–Kier alpha value is -2.14. The van der Waals surface area contributed by atoms with E-state index >= 15 is 0 Å². The topological polar surface area (TPSA) is 124 Å². The summed E-state index contributed by atoms with van der Waals surface area (Å²) in [5.74, 6) is -1.66. The first-order chi connectivity index (χ1) is 8.61. The fourth-order valence-electron chi connectivity index (χ4n) is 1.34. The van der Waals surface area contributed by atoms with Gasteiger partial charge in [0.15, 0.2) is 6.61 Å². The highest BCUT2D eigenvalue weighted by molar-refractivity contribution is 5.87. The van der Waals surface area contributed by atoms with E-state index in [1.807, 2.05) is 0 Å². The number of piperidine rings is 1. The number of carbonyl (C=O) groups excluding carboxylic acids is 1. The first-order valence-electron chi connectivity index (χ1n) is 5.41. The number of aliphatic carboxylic acids is 1. The zero-order valence-electron chi connectivity index (χ0n) is 9.68. The summed E-state index contributed by atoms with van der Waals surface area (Å²) < 4.78 is 0. The number of nitriles is 1. The lowest BCUT2D eigenvalue weighted by Gasteiger charge is -2.18. The first kappa shape index (κ1) is 13.9. The van der Waals surface area contributed by atoms with E-state index in [9.17, 15) is 9.59 Å². The second-order valence-electron chi connectivity index (χ2n) is 3.70. The number of nitrogens with zero attached hydrogens (tertiary/aromatic N) is 2. The molecule has 0 aromatic heterocycles. The third-order valence-electron chi connectivity index (χ3n) is 2.26. The van der Waals surface area contributed by atoms with Crippen molar-refractivity contribution in [1.82, 2.24) is 10.6 Å². The summed E-state index contributed by atoms with van der Waals surface area (Å²) in [6.45, 7) is -0.308. The number of carboxylic acid groups (broad SMARTS) is 1. The van der Waals surface area contributed by atoms with Gasteiger partial charge in [-0.05, 0) is 12.8 Å². The van der Waals surface area contributed by atoms with Gasteiger partial charge in [-0.25, -0.2) is 0 Å². The van der Waals surface area contributed by atoms with Gasteiger partial charge < -0.3 is 15.3 Å². The summed E-state index contributed by atoms with van der Waals surface area (Å²) >= 11 is 0. The van der Waals surface area contributed by atoms with E-state index in [1.54, 1.807) is 0 Å². The largest absolute Gasteiger partial charge is 0.480 e. The minimum atomic E-state index is -1.12. The van der Waals surface area contributed by atoms with Crippen molar-refractivity contribution in [2.45, 2.75) is 18.9 Å². The van der Waals surface area contributed by atoms with Gasteiger partial charge in [0.1, 0.15) is 6.54 Å². The van der Waals surface area contributed by atoms with Crippen LogP contribution in [-0.2, 0) is 14.4 Å². The van der Waals surface area contributed by atoms with Gasteiger partial charge in [-0.2, -0.15) is 5.26 Å². The van der Waals surface area contributed by atoms with Gasteiger partial charge in [-0.1, -0.05) is 5.16 Å². The third-order valence-corrected chi connectivity index (χ3v) is 2.26. The Labute approximate surface area is 104 Å². The molecule has 0 aromatic carbocycles. The number of carbonyl (C=O) groups is 2. The summed E-state index contributed by atoms with van der Waals surface area (Å²) in [6, 6.07) is 1.94. The molecule has 1 aliphatic heterocycles. The van der Waals surface area contributed by atoms with Crippen molar-refractivity contribution >= 4 is 17.6 Å². The van der Waals surface area contributed by atoms with Crippen LogP contribution in [0.5, 0.6) is 0 Å². The van der Waals surface area contributed by atoms with Crippen LogP contribution in [0.3, 0.4) is 0 Å². The molecule has 1 atom stereocenters. The fourth-order valence-corrected chi connectivity index (χ4v) is 1.34. The number of hydrogen-bond donors (Lipinski definition) is 3. The third kappa shape index (κ3) is 5.27. The number of amides is 1. The lowest BCUT2D eigenvalue weighted by molar-refractivity contribution is -0.138. The molecular formula is C10H14N4O4. The van der Waals surface area contributed by atoms with Crippen LogP contribution in [0.1, 0.15) is 12.8 Å². The van der Waals surface area contributed by atoms with Gasteiger partial charge in [0.05, 0.1) is 17.8 Å². The SMILES string of the molecule is N#C[C@@H]1CC/C(=N\OCC(=O)NCC(=O)O)CN1. The Morgan fingerprint density at radius 2 is 2.44 bits per heavy atom. The molecule has 1 heterocycles. The van der Waals surface area contributed by atoms with Gasteiger partial charge in [0.2, 0.25) is 0 Å². The Morgan fingerprint density at radius 3 is 3.00 bits per heavy atom. The molecule has 18 heavy (non-hydrogen) atoms. The van der Waals surface area contributed by atoms with E-state index in [1.165, 1.54) is 0 Å². The Morgan fingerprint density at radius 1 is 1.67 bits per heavy atom. The number of carboxylic acids is 1. The van der Waals surface area contributed by atoms with E-state index < -0.39 is 18.4 Å². The van der Waals surface area contributed by atoms with E-state index in [4.69, 9.17) is 15.2 Å². The standard InChI is InChI=1S/C10H14N4O4/c11-3-7-1-2-8(4-12-7)14-18-6-9(15)13-5-10(16)17/h7,12H,1-2,4-6H2,(H,13,15)(H,16,17)/b14-8+/t7-/m0/s1. The Bertz CT molecular complexity index is 378. The van der Waals surface area contributed by atoms with Crippen molar-refractivity contribution in [3.05, 3.63) is 0 Å². The predicted octanol–water partition coefficient (Wildman–Crippen LogP) is -1.16. The predicted molar refractivity (Wildman–Crippen MR) is 60.7 cm³/mol. The van der Waals surface area contributed by atoms with Crippen LogP contribution in [0.2, 0.25) is 0 Å². The summed E-state index contributed by atoms with van der Waals surface area (Å²) in [4.78, 5) is 26.0. The summed E-state index contributed by atoms with van der Waals surface area (Å²) in [5.41, 5.74) is 0.729. The molecule has 0 aromatic rings. The van der Waals surface area contributed by atoms with Crippen molar-refractivity contribution in [1.29, 1.82) is 5.26 Å². The number of hydrogen-bond acceptors (Lipinski definition) is 6. The van der Waals surface area contributed by atoms with Crippen LogP contribution in [-0.4, -0.2) is 48.4 Å². The molecule has 1 fully saturated rings. The molecule has 0 unspecified atom stereocenters. The smallest absolute Gasteiger partial charge is 0.322 e. The highest BCUT2D eigenvalue weighted by Crippen LogP contribution is 2.04. The second-order valence-corrected chi connectivity index (χ2v) is 3.70. The quantitative estimate of drug-likeness (QED) is 0.531. The zero-order valence-corrected chi connectivity index (χ0v) is 9.68. The Kier molecular flexibility index (Phi) is 5.60. The average Bonchev–Trinajstić information content (AvgIpc) is 2.37. The van der Waals surface area contributed by atoms with Crippen LogP contribution < -0.4 is 10.6 Å². The average molecular weight is 254 g/mol. The number of oxime groups is 1. The van der Waals surface area contributed by atoms with Crippen LogP contribution in [0.4, 0.5) is 0 Å². The molecule has 3 N–H and O–H groups in total. The van der Waals surface area contributed by atoms with Crippen molar-refractivity contribution in [2.75, 3.05) is 19.7 Å². The molecule has 1 amide bonds. The molecular weight excluding hydrogens is 240 g/mol. The molecule has 0 radical (unpaired) electrons. The number of nitrogens with one attached hydrogen (secondary N) is 2. The lowest BCUT2D eigenvalue weighted by Crippen LogP contribution is -2.38. The van der Waals surface area contributed by atoms with Crippen molar-refractivity contribution in [3.63, 3.8) is 0 Å². The summed E-state index contributed by atoms with van der Waals surface area (Å²) in [7, 11) is 0. The van der Waals surface area contributed by atoms with Crippen LogP contribution in [0.15, 0.2) is 5.16 Å². The van der Waals surface area contributed by atoms with Gasteiger partial charge in [0.25, 0.3) is 5.91 Å². The molecule has 1 aliphatic rings. The molecule has 8 nitrogen and oxygen atoms in total. The highest BCUT2D eigenvalue weighted by atomic mass is 16.6. The van der Waals surface area contributed by atoms with Gasteiger partial charge in [-0.3, -0.25) is 14.9 Å². The van der Waals surface area contributed by atoms with Gasteiger partial charge in [0, 0.05) is 6.54 Å². The monoisotopic (exact) mass is 254 g/mol. The Balaban J connectivity index is 2.19. The highest BCUT2D eigenvalue weighted by Gasteiger charge is 2.16. The van der Waals surface area contributed by atoms with Crippen LogP contribution in [0, 0.1) is 11.3 Å².